The molecule has 0 atom stereocenters. The summed E-state index contributed by atoms with van der Waals surface area (Å²) in [4.78, 5) is 10.5. The number of halogens is 1. The highest BCUT2D eigenvalue weighted by molar-refractivity contribution is 6.29. The highest BCUT2D eigenvalue weighted by atomic mass is 35.5. The van der Waals surface area contributed by atoms with Gasteiger partial charge in [0.05, 0.1) is 0 Å². The van der Waals surface area contributed by atoms with E-state index in [1.807, 2.05) is 6.07 Å². The molecule has 0 saturated heterocycles. The maximum atomic E-state index is 6.05. The van der Waals surface area contributed by atoms with Gasteiger partial charge in [-0.3, -0.25) is 0 Å². The second kappa shape index (κ2) is 5.33. The molecule has 0 aliphatic heterocycles. The Morgan fingerprint density at radius 2 is 2.16 bits per heavy atom. The Labute approximate surface area is 117 Å². The summed E-state index contributed by atoms with van der Waals surface area (Å²) in [6, 6.07) is 1.85. The maximum Gasteiger partial charge on any atom is 0.255 e. The fourth-order valence-corrected chi connectivity index (χ4v) is 3.06. The smallest absolute Gasteiger partial charge is 0.255 e. The van der Waals surface area contributed by atoms with Gasteiger partial charge in [-0.15, -0.1) is 0 Å². The van der Waals surface area contributed by atoms with Crippen molar-refractivity contribution >= 4 is 23.2 Å². The molecule has 0 aromatic carbocycles. The Morgan fingerprint density at radius 3 is 2.95 bits per heavy atom. The molecule has 6 heteroatoms. The van der Waals surface area contributed by atoms with Crippen molar-refractivity contribution < 1.29 is 0 Å². The number of rotatable bonds is 3. The predicted octanol–water partition coefficient (Wildman–Crippen LogP) is 2.79. The van der Waals surface area contributed by atoms with Gasteiger partial charge in [0.25, 0.3) is 5.78 Å². The SMILES string of the molecule is CN(CC1CCCCC1)c1cc(Cl)nc2ncnn12. The Balaban J connectivity index is 1.83. The molecule has 5 nitrogen and oxygen atoms in total. The summed E-state index contributed by atoms with van der Waals surface area (Å²) in [5.41, 5.74) is 0. The van der Waals surface area contributed by atoms with Crippen LogP contribution in [0.5, 0.6) is 0 Å². The average Bonchev–Trinajstić information content (AvgIpc) is 2.86. The number of fused-ring (bicyclic) bond motifs is 1. The van der Waals surface area contributed by atoms with Crippen LogP contribution in [0.1, 0.15) is 32.1 Å². The van der Waals surface area contributed by atoms with Gasteiger partial charge in [-0.2, -0.15) is 19.6 Å². The molecule has 2 aromatic heterocycles. The van der Waals surface area contributed by atoms with E-state index in [9.17, 15) is 0 Å². The van der Waals surface area contributed by atoms with E-state index >= 15 is 0 Å². The van der Waals surface area contributed by atoms with Crippen LogP contribution < -0.4 is 4.90 Å². The van der Waals surface area contributed by atoms with Gasteiger partial charge in [0.2, 0.25) is 0 Å². The molecule has 0 spiro atoms. The van der Waals surface area contributed by atoms with Gasteiger partial charge < -0.3 is 4.90 Å². The lowest BCUT2D eigenvalue weighted by molar-refractivity contribution is 0.361. The van der Waals surface area contributed by atoms with Crippen LogP contribution in [-0.4, -0.2) is 33.2 Å². The molecule has 2 heterocycles. The van der Waals surface area contributed by atoms with Crippen LogP contribution in [0.25, 0.3) is 5.78 Å². The predicted molar refractivity (Wildman–Crippen MR) is 75.6 cm³/mol. The van der Waals surface area contributed by atoms with Crippen LogP contribution in [0.15, 0.2) is 12.4 Å². The Hall–Kier alpha value is -1.36. The second-order valence-corrected chi connectivity index (χ2v) is 5.68. The minimum atomic E-state index is 0.464. The molecule has 0 amide bonds. The van der Waals surface area contributed by atoms with Gasteiger partial charge >= 0.3 is 0 Å². The summed E-state index contributed by atoms with van der Waals surface area (Å²) in [5.74, 6) is 2.28. The largest absolute Gasteiger partial charge is 0.359 e. The molecular weight excluding hydrogens is 262 g/mol. The molecule has 1 fully saturated rings. The van der Waals surface area contributed by atoms with Crippen molar-refractivity contribution in [1.29, 1.82) is 0 Å². The van der Waals surface area contributed by atoms with Crippen LogP contribution in [0, 0.1) is 5.92 Å². The quantitative estimate of drug-likeness (QED) is 0.811. The molecule has 3 rings (SSSR count). The van der Waals surface area contributed by atoms with Crippen molar-refractivity contribution in [3.05, 3.63) is 17.5 Å². The molecule has 1 aliphatic rings. The van der Waals surface area contributed by atoms with Crippen LogP contribution in [0.3, 0.4) is 0 Å². The summed E-state index contributed by atoms with van der Waals surface area (Å²) < 4.78 is 1.74. The molecule has 19 heavy (non-hydrogen) atoms. The highest BCUT2D eigenvalue weighted by Crippen LogP contribution is 2.26. The van der Waals surface area contributed by atoms with Gasteiger partial charge in [-0.25, -0.2) is 0 Å². The van der Waals surface area contributed by atoms with Crippen molar-refractivity contribution in [3.8, 4) is 0 Å². The number of anilines is 1. The van der Waals surface area contributed by atoms with Gasteiger partial charge in [0.1, 0.15) is 17.3 Å². The van der Waals surface area contributed by atoms with Gasteiger partial charge in [-0.05, 0) is 18.8 Å². The first kappa shape index (κ1) is 12.7. The van der Waals surface area contributed by atoms with E-state index in [2.05, 4.69) is 27.0 Å². The summed E-state index contributed by atoms with van der Waals surface area (Å²) in [7, 11) is 2.08. The molecule has 0 unspecified atom stereocenters. The Bertz CT molecular complexity index is 561. The lowest BCUT2D eigenvalue weighted by Crippen LogP contribution is -2.28. The average molecular weight is 280 g/mol. The molecule has 1 aliphatic carbocycles. The van der Waals surface area contributed by atoms with Crippen molar-refractivity contribution in [2.75, 3.05) is 18.5 Å². The summed E-state index contributed by atoms with van der Waals surface area (Å²) in [5, 5.41) is 4.68. The van der Waals surface area contributed by atoms with E-state index in [0.717, 1.165) is 18.3 Å². The second-order valence-electron chi connectivity index (χ2n) is 5.29. The zero-order valence-electron chi connectivity index (χ0n) is 11.1. The zero-order valence-corrected chi connectivity index (χ0v) is 11.8. The fourth-order valence-electron chi connectivity index (χ4n) is 2.89. The van der Waals surface area contributed by atoms with Crippen molar-refractivity contribution in [2.24, 2.45) is 5.92 Å². The van der Waals surface area contributed by atoms with Crippen LogP contribution in [-0.2, 0) is 0 Å². The third-order valence-electron chi connectivity index (χ3n) is 3.85. The molecule has 0 N–H and O–H groups in total. The zero-order chi connectivity index (χ0) is 13.2. The van der Waals surface area contributed by atoms with Gasteiger partial charge in [0, 0.05) is 19.7 Å². The first-order valence-electron chi connectivity index (χ1n) is 6.81. The summed E-state index contributed by atoms with van der Waals surface area (Å²) in [6.45, 7) is 1.04. The van der Waals surface area contributed by atoms with Crippen molar-refractivity contribution in [2.45, 2.75) is 32.1 Å². The summed E-state index contributed by atoms with van der Waals surface area (Å²) in [6.07, 6.45) is 8.25. The van der Waals surface area contributed by atoms with Crippen LogP contribution in [0.2, 0.25) is 5.15 Å². The minimum Gasteiger partial charge on any atom is -0.359 e. The first-order valence-corrected chi connectivity index (χ1v) is 7.19. The van der Waals surface area contributed by atoms with Crippen LogP contribution >= 0.6 is 11.6 Å². The fraction of sp³-hybridized carbons (Fsp3) is 0.615. The lowest BCUT2D eigenvalue weighted by atomic mass is 9.89. The van der Waals surface area contributed by atoms with Gasteiger partial charge in [-0.1, -0.05) is 30.9 Å². The highest BCUT2D eigenvalue weighted by Gasteiger charge is 2.18. The third-order valence-corrected chi connectivity index (χ3v) is 4.04. The number of hydrogen-bond acceptors (Lipinski definition) is 4. The van der Waals surface area contributed by atoms with E-state index < -0.39 is 0 Å². The van der Waals surface area contributed by atoms with Crippen LogP contribution in [0.4, 0.5) is 5.82 Å². The Morgan fingerprint density at radius 1 is 1.37 bits per heavy atom. The maximum absolute atomic E-state index is 6.05. The topological polar surface area (TPSA) is 46.3 Å². The van der Waals surface area contributed by atoms with E-state index in [1.54, 1.807) is 4.52 Å². The monoisotopic (exact) mass is 279 g/mol. The molecular formula is C13H18ClN5. The normalized spacial score (nSPS) is 16.9. The number of hydrogen-bond donors (Lipinski definition) is 0. The lowest BCUT2D eigenvalue weighted by Gasteiger charge is -2.28. The molecule has 1 saturated carbocycles. The standard InChI is InChI=1S/C13H18ClN5/c1-18(8-10-5-3-2-4-6-10)12-7-11(14)17-13-15-9-16-19(12)13/h7,9-10H,2-6,8H2,1H3. The Kier molecular flexibility index (Phi) is 3.55. The van der Waals surface area contributed by atoms with Crippen molar-refractivity contribution in [1.82, 2.24) is 19.6 Å². The molecule has 0 radical (unpaired) electrons. The van der Waals surface area contributed by atoms with E-state index in [1.165, 1.54) is 38.4 Å². The van der Waals surface area contributed by atoms with Crippen molar-refractivity contribution in [3.63, 3.8) is 0 Å². The van der Waals surface area contributed by atoms with E-state index in [4.69, 9.17) is 11.6 Å². The first-order chi connectivity index (χ1) is 9.24. The van der Waals surface area contributed by atoms with E-state index in [0.29, 0.717) is 10.9 Å². The summed E-state index contributed by atoms with van der Waals surface area (Å²) >= 11 is 6.05. The molecule has 2 aromatic rings. The number of aromatic nitrogens is 4. The third kappa shape index (κ3) is 2.66. The molecule has 0 bridgehead atoms. The van der Waals surface area contributed by atoms with E-state index in [-0.39, 0.29) is 0 Å². The molecule has 102 valence electrons. The van der Waals surface area contributed by atoms with Gasteiger partial charge in [0.15, 0.2) is 0 Å². The minimum absolute atomic E-state index is 0.464. The number of nitrogens with zero attached hydrogens (tertiary/aromatic N) is 5.